The summed E-state index contributed by atoms with van der Waals surface area (Å²) in [6.45, 7) is 4.68. The number of piperazine rings is 1. The lowest BCUT2D eigenvalue weighted by Crippen LogP contribution is -2.43. The van der Waals surface area contributed by atoms with Crippen LogP contribution in [0.2, 0.25) is 0 Å². The van der Waals surface area contributed by atoms with Crippen LogP contribution >= 0.6 is 0 Å². The quantitative estimate of drug-likeness (QED) is 0.902. The van der Waals surface area contributed by atoms with E-state index in [9.17, 15) is 0 Å². The highest BCUT2D eigenvalue weighted by Crippen LogP contribution is 2.19. The second kappa shape index (κ2) is 7.04. The van der Waals surface area contributed by atoms with Crippen molar-refractivity contribution in [2.45, 2.75) is 6.42 Å². The van der Waals surface area contributed by atoms with Gasteiger partial charge in [-0.05, 0) is 12.1 Å². The normalized spacial score (nSPS) is 15.0. The van der Waals surface area contributed by atoms with Gasteiger partial charge < -0.3 is 15.0 Å². The van der Waals surface area contributed by atoms with Crippen molar-refractivity contribution in [1.82, 2.24) is 15.3 Å². The summed E-state index contributed by atoms with van der Waals surface area (Å²) in [7, 11) is 0. The van der Waals surface area contributed by atoms with Crippen molar-refractivity contribution in [2.24, 2.45) is 0 Å². The molecule has 1 N–H and O–H groups in total. The Balaban J connectivity index is 1.55. The second-order valence-corrected chi connectivity index (χ2v) is 5.04. The standard InChI is InChI=1S/C16H20N4O/c1-2-5-19-14(3-1)4-10-21-16-11-15(12-18-13-16)20-8-6-17-7-9-20/h1-3,5,11-13,17H,4,6-10H2. The third-order valence-electron chi connectivity index (χ3n) is 3.53. The maximum atomic E-state index is 5.80. The Morgan fingerprint density at radius 2 is 2.10 bits per heavy atom. The molecular weight excluding hydrogens is 264 g/mol. The first kappa shape index (κ1) is 13.8. The third-order valence-corrected chi connectivity index (χ3v) is 3.53. The van der Waals surface area contributed by atoms with E-state index in [4.69, 9.17) is 4.74 Å². The lowest BCUT2D eigenvalue weighted by Gasteiger charge is -2.29. The van der Waals surface area contributed by atoms with Crippen molar-refractivity contribution in [1.29, 1.82) is 0 Å². The zero-order chi connectivity index (χ0) is 14.3. The topological polar surface area (TPSA) is 50.3 Å². The molecule has 0 spiro atoms. The molecule has 0 aromatic carbocycles. The molecule has 0 radical (unpaired) electrons. The van der Waals surface area contributed by atoms with Gasteiger partial charge in [-0.1, -0.05) is 6.07 Å². The van der Waals surface area contributed by atoms with Crippen molar-refractivity contribution < 1.29 is 4.74 Å². The molecule has 2 aromatic rings. The molecule has 0 bridgehead atoms. The van der Waals surface area contributed by atoms with E-state index >= 15 is 0 Å². The Bertz CT molecular complexity index is 555. The minimum absolute atomic E-state index is 0.615. The zero-order valence-electron chi connectivity index (χ0n) is 12.0. The molecule has 3 rings (SSSR count). The minimum Gasteiger partial charge on any atom is -0.491 e. The summed E-state index contributed by atoms with van der Waals surface area (Å²) in [6, 6.07) is 8.00. The molecule has 0 aliphatic carbocycles. The van der Waals surface area contributed by atoms with Crippen molar-refractivity contribution >= 4 is 5.69 Å². The average Bonchev–Trinajstić information content (AvgIpc) is 2.57. The molecule has 0 unspecified atom stereocenters. The van der Waals surface area contributed by atoms with Crippen LogP contribution in [0.15, 0.2) is 42.9 Å². The third kappa shape index (κ3) is 3.92. The molecule has 2 aromatic heterocycles. The Hall–Kier alpha value is -2.14. The van der Waals surface area contributed by atoms with Gasteiger partial charge in [0.1, 0.15) is 5.75 Å². The molecule has 1 aliphatic heterocycles. The summed E-state index contributed by atoms with van der Waals surface area (Å²) in [5.74, 6) is 0.821. The highest BCUT2D eigenvalue weighted by molar-refractivity contribution is 5.48. The number of rotatable bonds is 5. The first-order valence-electron chi connectivity index (χ1n) is 7.35. The van der Waals surface area contributed by atoms with Gasteiger partial charge in [0.25, 0.3) is 0 Å². The Kier molecular flexibility index (Phi) is 4.63. The molecule has 0 amide bonds. The van der Waals surface area contributed by atoms with E-state index < -0.39 is 0 Å². The van der Waals surface area contributed by atoms with E-state index in [1.54, 1.807) is 6.20 Å². The van der Waals surface area contributed by atoms with Crippen molar-refractivity contribution in [3.8, 4) is 5.75 Å². The lowest BCUT2D eigenvalue weighted by molar-refractivity contribution is 0.319. The number of pyridine rings is 2. The van der Waals surface area contributed by atoms with Gasteiger partial charge in [-0.15, -0.1) is 0 Å². The van der Waals surface area contributed by atoms with Crippen LogP contribution in [0.25, 0.3) is 0 Å². The predicted octanol–water partition coefficient (Wildman–Crippen LogP) is 1.51. The summed E-state index contributed by atoms with van der Waals surface area (Å²) in [4.78, 5) is 10.9. The van der Waals surface area contributed by atoms with E-state index in [-0.39, 0.29) is 0 Å². The van der Waals surface area contributed by atoms with Gasteiger partial charge in [-0.2, -0.15) is 0 Å². The second-order valence-electron chi connectivity index (χ2n) is 5.04. The van der Waals surface area contributed by atoms with Crippen LogP contribution in [0.5, 0.6) is 5.75 Å². The Morgan fingerprint density at radius 1 is 1.19 bits per heavy atom. The fourth-order valence-corrected chi connectivity index (χ4v) is 2.40. The fourth-order valence-electron chi connectivity index (χ4n) is 2.40. The van der Waals surface area contributed by atoms with Crippen LogP contribution in [0.3, 0.4) is 0 Å². The molecule has 1 fully saturated rings. The van der Waals surface area contributed by atoms with Crippen molar-refractivity contribution in [3.05, 3.63) is 48.5 Å². The first-order valence-corrected chi connectivity index (χ1v) is 7.35. The summed E-state index contributed by atoms with van der Waals surface area (Å²) in [5.41, 5.74) is 2.18. The van der Waals surface area contributed by atoms with Gasteiger partial charge in [0, 0.05) is 50.6 Å². The highest BCUT2D eigenvalue weighted by atomic mass is 16.5. The first-order chi connectivity index (χ1) is 10.4. The Morgan fingerprint density at radius 3 is 2.90 bits per heavy atom. The van der Waals surface area contributed by atoms with Crippen LogP contribution in [0.1, 0.15) is 5.69 Å². The van der Waals surface area contributed by atoms with E-state index in [0.29, 0.717) is 6.61 Å². The number of hydrogen-bond acceptors (Lipinski definition) is 5. The zero-order valence-corrected chi connectivity index (χ0v) is 12.0. The molecule has 1 aliphatic rings. The summed E-state index contributed by atoms with van der Waals surface area (Å²) in [5, 5.41) is 3.35. The SMILES string of the molecule is c1ccc(CCOc2cncc(N3CCNCC3)c2)nc1. The molecule has 1 saturated heterocycles. The highest BCUT2D eigenvalue weighted by Gasteiger charge is 2.11. The number of hydrogen-bond donors (Lipinski definition) is 1. The summed E-state index contributed by atoms with van der Waals surface area (Å²) >= 11 is 0. The molecule has 110 valence electrons. The molecule has 5 heteroatoms. The molecule has 21 heavy (non-hydrogen) atoms. The predicted molar refractivity (Wildman–Crippen MR) is 82.8 cm³/mol. The van der Waals surface area contributed by atoms with E-state index in [1.165, 1.54) is 0 Å². The number of nitrogens with zero attached hydrogens (tertiary/aromatic N) is 3. The van der Waals surface area contributed by atoms with Crippen LogP contribution in [-0.4, -0.2) is 42.8 Å². The van der Waals surface area contributed by atoms with Crippen LogP contribution in [-0.2, 0) is 6.42 Å². The lowest BCUT2D eigenvalue weighted by atomic mass is 10.3. The maximum Gasteiger partial charge on any atom is 0.139 e. The number of nitrogens with one attached hydrogen (secondary N) is 1. The molecule has 5 nitrogen and oxygen atoms in total. The van der Waals surface area contributed by atoms with Crippen molar-refractivity contribution in [3.63, 3.8) is 0 Å². The van der Waals surface area contributed by atoms with Crippen molar-refractivity contribution in [2.75, 3.05) is 37.7 Å². The van der Waals surface area contributed by atoms with E-state index in [2.05, 4.69) is 26.3 Å². The smallest absolute Gasteiger partial charge is 0.139 e. The number of ether oxygens (including phenoxy) is 1. The van der Waals surface area contributed by atoms with Gasteiger partial charge >= 0.3 is 0 Å². The van der Waals surface area contributed by atoms with Gasteiger partial charge in [-0.3, -0.25) is 9.97 Å². The van der Waals surface area contributed by atoms with Crippen LogP contribution in [0, 0.1) is 0 Å². The minimum atomic E-state index is 0.615. The van der Waals surface area contributed by atoms with Gasteiger partial charge in [-0.25, -0.2) is 0 Å². The summed E-state index contributed by atoms with van der Waals surface area (Å²) in [6.07, 6.45) is 6.28. The van der Waals surface area contributed by atoms with Gasteiger partial charge in [0.2, 0.25) is 0 Å². The number of anilines is 1. The average molecular weight is 284 g/mol. The molecule has 0 atom stereocenters. The fraction of sp³-hybridized carbons (Fsp3) is 0.375. The van der Waals surface area contributed by atoms with Gasteiger partial charge in [0.15, 0.2) is 0 Å². The van der Waals surface area contributed by atoms with Crippen LogP contribution < -0.4 is 15.0 Å². The monoisotopic (exact) mass is 284 g/mol. The van der Waals surface area contributed by atoms with Crippen LogP contribution in [0.4, 0.5) is 5.69 Å². The maximum absolute atomic E-state index is 5.80. The molecule has 0 saturated carbocycles. The number of aromatic nitrogens is 2. The summed E-state index contributed by atoms with van der Waals surface area (Å²) < 4.78 is 5.80. The molecular formula is C16H20N4O. The Labute approximate surface area is 125 Å². The molecule has 3 heterocycles. The van der Waals surface area contributed by atoms with E-state index in [0.717, 1.165) is 49.7 Å². The largest absolute Gasteiger partial charge is 0.491 e. The van der Waals surface area contributed by atoms with Gasteiger partial charge in [0.05, 0.1) is 24.7 Å². The van der Waals surface area contributed by atoms with E-state index in [1.807, 2.05) is 30.6 Å².